The fraction of sp³-hybridized carbons (Fsp3) is 0.174. The summed E-state index contributed by atoms with van der Waals surface area (Å²) in [6.07, 6.45) is 2.48. The molecule has 0 bridgehead atoms. The Kier molecular flexibility index (Phi) is 4.44. The molecule has 3 nitrogen and oxygen atoms in total. The van der Waals surface area contributed by atoms with Crippen LogP contribution in [0.2, 0.25) is 0 Å². The van der Waals surface area contributed by atoms with E-state index >= 15 is 0 Å². The molecular formula is C23H21NO2. The third-order valence-electron chi connectivity index (χ3n) is 4.75. The summed E-state index contributed by atoms with van der Waals surface area (Å²) < 4.78 is 8.18. The van der Waals surface area contributed by atoms with E-state index in [4.69, 9.17) is 4.74 Å². The van der Waals surface area contributed by atoms with Crippen LogP contribution >= 0.6 is 0 Å². The molecule has 0 saturated heterocycles. The second kappa shape index (κ2) is 7.04. The number of nitrogens with zero attached hydrogens (tertiary/aromatic N) is 1. The van der Waals surface area contributed by atoms with E-state index in [2.05, 4.69) is 28.8 Å². The fourth-order valence-corrected chi connectivity index (χ4v) is 3.42. The van der Waals surface area contributed by atoms with Gasteiger partial charge in [-0.15, -0.1) is 0 Å². The van der Waals surface area contributed by atoms with Crippen LogP contribution in [0.3, 0.4) is 0 Å². The van der Waals surface area contributed by atoms with E-state index < -0.39 is 0 Å². The smallest absolute Gasteiger partial charge is 0.164 e. The molecule has 0 saturated carbocycles. The number of carbonyl (C=O) groups excluding carboxylic acids is 1. The van der Waals surface area contributed by atoms with Crippen LogP contribution in [0, 0.1) is 0 Å². The summed E-state index contributed by atoms with van der Waals surface area (Å²) in [5.41, 5.74) is 1.87. The van der Waals surface area contributed by atoms with E-state index in [1.807, 2.05) is 55.6 Å². The highest BCUT2D eigenvalue weighted by Crippen LogP contribution is 2.26. The Morgan fingerprint density at radius 2 is 1.65 bits per heavy atom. The number of benzene rings is 3. The lowest BCUT2D eigenvalue weighted by atomic mass is 10.1. The Morgan fingerprint density at radius 1 is 0.923 bits per heavy atom. The van der Waals surface area contributed by atoms with Crippen LogP contribution in [0.25, 0.3) is 21.7 Å². The molecule has 1 heterocycles. The van der Waals surface area contributed by atoms with E-state index in [0.29, 0.717) is 19.6 Å². The molecule has 0 radical (unpaired) electrons. The van der Waals surface area contributed by atoms with Crippen LogP contribution in [0.15, 0.2) is 72.9 Å². The Balaban J connectivity index is 1.57. The van der Waals surface area contributed by atoms with Crippen LogP contribution in [0.4, 0.5) is 0 Å². The highest BCUT2D eigenvalue weighted by molar-refractivity contribution is 6.08. The van der Waals surface area contributed by atoms with Gasteiger partial charge in [0.25, 0.3) is 0 Å². The first-order valence-corrected chi connectivity index (χ1v) is 8.99. The first kappa shape index (κ1) is 16.4. The number of fused-ring (bicyclic) bond motifs is 2. The van der Waals surface area contributed by atoms with Crippen molar-refractivity contribution in [2.45, 2.75) is 19.9 Å². The van der Waals surface area contributed by atoms with Crippen LogP contribution in [-0.4, -0.2) is 17.0 Å². The van der Waals surface area contributed by atoms with Crippen LogP contribution < -0.4 is 4.74 Å². The molecule has 1 aromatic heterocycles. The van der Waals surface area contributed by atoms with Gasteiger partial charge in [0.15, 0.2) is 5.78 Å². The summed E-state index contributed by atoms with van der Waals surface area (Å²) in [7, 11) is 0. The maximum Gasteiger partial charge on any atom is 0.164 e. The summed E-state index contributed by atoms with van der Waals surface area (Å²) in [6.45, 7) is 3.14. The lowest BCUT2D eigenvalue weighted by molar-refractivity contribution is 0.0989. The normalized spacial score (nSPS) is 11.1. The topological polar surface area (TPSA) is 31.2 Å². The molecule has 0 spiro atoms. The Labute approximate surface area is 152 Å². The quantitative estimate of drug-likeness (QED) is 0.435. The van der Waals surface area contributed by atoms with Crippen LogP contribution in [-0.2, 0) is 6.54 Å². The molecular weight excluding hydrogens is 322 g/mol. The monoisotopic (exact) mass is 343 g/mol. The van der Waals surface area contributed by atoms with Crippen molar-refractivity contribution in [2.75, 3.05) is 6.61 Å². The van der Waals surface area contributed by atoms with Gasteiger partial charge in [-0.25, -0.2) is 0 Å². The third kappa shape index (κ3) is 2.97. The van der Waals surface area contributed by atoms with Crippen molar-refractivity contribution in [1.29, 1.82) is 0 Å². The van der Waals surface area contributed by atoms with Crippen LogP contribution in [0.5, 0.6) is 5.75 Å². The summed E-state index contributed by atoms with van der Waals surface area (Å²) in [5.74, 6) is 1.07. The number of Topliss-reactive ketones (excluding diaryl/α,β-unsaturated/α-hetero) is 1. The van der Waals surface area contributed by atoms with E-state index in [0.717, 1.165) is 27.6 Å². The number of para-hydroxylation sites is 1. The standard InChI is InChI=1S/C23H21NO2/c1-2-22(25)20-16-24(21-12-6-5-11-19(20)21)14-15-26-23-13-7-9-17-8-3-4-10-18(17)23/h3-13,16H,2,14-15H2,1H3. The molecule has 0 aliphatic rings. The number of hydrogen-bond acceptors (Lipinski definition) is 2. The van der Waals surface area contributed by atoms with Crippen molar-refractivity contribution in [3.8, 4) is 5.75 Å². The predicted octanol–water partition coefficient (Wildman–Crippen LogP) is 5.47. The molecule has 3 heteroatoms. The Bertz CT molecular complexity index is 1070. The first-order valence-electron chi connectivity index (χ1n) is 8.99. The highest BCUT2D eigenvalue weighted by atomic mass is 16.5. The molecule has 130 valence electrons. The van der Waals surface area contributed by atoms with Crippen LogP contribution in [0.1, 0.15) is 23.7 Å². The molecule has 0 amide bonds. The predicted molar refractivity (Wildman–Crippen MR) is 106 cm³/mol. The minimum absolute atomic E-state index is 0.176. The molecule has 4 aromatic rings. The third-order valence-corrected chi connectivity index (χ3v) is 4.75. The summed E-state index contributed by atoms with van der Waals surface area (Å²) in [5, 5.41) is 3.31. The minimum atomic E-state index is 0.176. The van der Waals surface area contributed by atoms with Gasteiger partial charge in [0.1, 0.15) is 12.4 Å². The maximum atomic E-state index is 12.2. The van der Waals surface area contributed by atoms with E-state index in [9.17, 15) is 4.79 Å². The first-order chi connectivity index (χ1) is 12.8. The zero-order chi connectivity index (χ0) is 17.9. The van der Waals surface area contributed by atoms with Crippen molar-refractivity contribution in [3.63, 3.8) is 0 Å². The second-order valence-electron chi connectivity index (χ2n) is 6.36. The van der Waals surface area contributed by atoms with Gasteiger partial charge in [0.2, 0.25) is 0 Å². The summed E-state index contributed by atoms with van der Waals surface area (Å²) in [4.78, 5) is 12.2. The molecule has 0 aliphatic heterocycles. The van der Waals surface area contributed by atoms with E-state index in [1.54, 1.807) is 0 Å². The molecule has 26 heavy (non-hydrogen) atoms. The molecule has 0 atom stereocenters. The molecule has 3 aromatic carbocycles. The number of aromatic nitrogens is 1. The molecule has 0 aliphatic carbocycles. The maximum absolute atomic E-state index is 12.2. The van der Waals surface area contributed by atoms with Gasteiger partial charge < -0.3 is 9.30 Å². The number of rotatable bonds is 6. The van der Waals surface area contributed by atoms with Crippen molar-refractivity contribution in [1.82, 2.24) is 4.57 Å². The average Bonchev–Trinajstić information content (AvgIpc) is 3.06. The minimum Gasteiger partial charge on any atom is -0.491 e. The number of ether oxygens (including phenoxy) is 1. The lowest BCUT2D eigenvalue weighted by Gasteiger charge is -2.10. The van der Waals surface area contributed by atoms with Gasteiger partial charge in [-0.05, 0) is 17.5 Å². The fourth-order valence-electron chi connectivity index (χ4n) is 3.42. The Morgan fingerprint density at radius 3 is 2.50 bits per heavy atom. The zero-order valence-electron chi connectivity index (χ0n) is 14.8. The number of carbonyl (C=O) groups is 1. The van der Waals surface area contributed by atoms with Crippen molar-refractivity contribution >= 4 is 27.5 Å². The van der Waals surface area contributed by atoms with Gasteiger partial charge in [0, 0.05) is 34.5 Å². The van der Waals surface area contributed by atoms with Gasteiger partial charge in [-0.3, -0.25) is 4.79 Å². The summed E-state index contributed by atoms with van der Waals surface area (Å²) >= 11 is 0. The number of hydrogen-bond donors (Lipinski definition) is 0. The second-order valence-corrected chi connectivity index (χ2v) is 6.36. The largest absolute Gasteiger partial charge is 0.491 e. The summed E-state index contributed by atoms with van der Waals surface area (Å²) in [6, 6.07) is 22.4. The highest BCUT2D eigenvalue weighted by Gasteiger charge is 2.13. The average molecular weight is 343 g/mol. The molecule has 0 N–H and O–H groups in total. The molecule has 0 fully saturated rings. The molecule has 4 rings (SSSR count). The van der Waals surface area contributed by atoms with E-state index in [-0.39, 0.29) is 5.78 Å². The Hall–Kier alpha value is -3.07. The van der Waals surface area contributed by atoms with Crippen molar-refractivity contribution < 1.29 is 9.53 Å². The van der Waals surface area contributed by atoms with Gasteiger partial charge >= 0.3 is 0 Å². The van der Waals surface area contributed by atoms with Gasteiger partial charge in [0.05, 0.1) is 6.54 Å². The SMILES string of the molecule is CCC(=O)c1cn(CCOc2cccc3ccccc23)c2ccccc12. The van der Waals surface area contributed by atoms with Crippen molar-refractivity contribution in [3.05, 3.63) is 78.5 Å². The zero-order valence-corrected chi connectivity index (χ0v) is 14.8. The number of ketones is 1. The lowest BCUT2D eigenvalue weighted by Crippen LogP contribution is -2.07. The van der Waals surface area contributed by atoms with Gasteiger partial charge in [-0.1, -0.05) is 61.5 Å². The van der Waals surface area contributed by atoms with E-state index in [1.165, 1.54) is 5.39 Å². The molecule has 0 unspecified atom stereocenters. The van der Waals surface area contributed by atoms with Gasteiger partial charge in [-0.2, -0.15) is 0 Å². The van der Waals surface area contributed by atoms with Crippen molar-refractivity contribution in [2.24, 2.45) is 0 Å².